The summed E-state index contributed by atoms with van der Waals surface area (Å²) in [5.74, 6) is -2.73. The summed E-state index contributed by atoms with van der Waals surface area (Å²) >= 11 is 5.75. The van der Waals surface area contributed by atoms with E-state index >= 15 is 0 Å². The Morgan fingerprint density at radius 1 is 1.28 bits per heavy atom. The molecule has 1 aliphatic heterocycles. The van der Waals surface area contributed by atoms with Gasteiger partial charge in [-0.25, -0.2) is 9.37 Å². The lowest BCUT2D eigenvalue weighted by Gasteiger charge is -2.21. The second kappa shape index (κ2) is 7.72. The molecule has 2 heterocycles. The minimum atomic E-state index is -4.63. The number of hydrogen-bond donors (Lipinski definition) is 1. The van der Waals surface area contributed by atoms with E-state index in [0.717, 1.165) is 23.2 Å². The van der Waals surface area contributed by atoms with E-state index in [-0.39, 0.29) is 36.6 Å². The lowest BCUT2D eigenvalue weighted by atomic mass is 9.92. The van der Waals surface area contributed by atoms with Crippen LogP contribution < -0.4 is 4.90 Å². The zero-order valence-electron chi connectivity index (χ0n) is 14.8. The molecule has 0 unspecified atom stereocenters. The molecular weight excluding hydrogens is 416 g/mol. The summed E-state index contributed by atoms with van der Waals surface area (Å²) < 4.78 is 52.0. The molecule has 154 valence electrons. The molecule has 1 aromatic heterocycles. The molecule has 10 heteroatoms. The standard InChI is InChI=1S/C19H15ClF4N2O3/c20-13-7-11(8-14(21)10-13)1-2-15(27)18(29)4-6-26(17(18)28)16-9-12(3-5-25-16)19(22,23)24/h3,5,7-10,29H,1-2,4,6H2/t18-/m0/s1. The van der Waals surface area contributed by atoms with Gasteiger partial charge in [-0.05, 0) is 42.3 Å². The number of amides is 1. The number of pyridine rings is 1. The number of carbonyl (C=O) groups excluding carboxylic acids is 2. The molecule has 1 fully saturated rings. The van der Waals surface area contributed by atoms with Gasteiger partial charge >= 0.3 is 6.18 Å². The van der Waals surface area contributed by atoms with E-state index < -0.39 is 34.8 Å². The Labute approximate surface area is 167 Å². The second-order valence-corrected chi connectivity index (χ2v) is 7.10. The summed E-state index contributed by atoms with van der Waals surface area (Å²) in [4.78, 5) is 29.7. The summed E-state index contributed by atoms with van der Waals surface area (Å²) in [6.07, 6.45) is -4.25. The predicted molar refractivity (Wildman–Crippen MR) is 95.9 cm³/mol. The number of anilines is 1. The number of halogens is 5. The van der Waals surface area contributed by atoms with E-state index in [9.17, 15) is 32.3 Å². The number of nitrogens with zero attached hydrogens (tertiary/aromatic N) is 2. The summed E-state index contributed by atoms with van der Waals surface area (Å²) in [7, 11) is 0. The summed E-state index contributed by atoms with van der Waals surface area (Å²) in [5, 5.41) is 10.7. The van der Waals surface area contributed by atoms with Gasteiger partial charge in [-0.1, -0.05) is 11.6 Å². The molecule has 1 amide bonds. The molecule has 0 radical (unpaired) electrons. The van der Waals surface area contributed by atoms with Crippen molar-refractivity contribution in [1.29, 1.82) is 0 Å². The number of alkyl halides is 3. The van der Waals surface area contributed by atoms with Gasteiger partial charge in [-0.15, -0.1) is 0 Å². The number of carbonyl (C=O) groups is 2. The van der Waals surface area contributed by atoms with Gasteiger partial charge in [-0.3, -0.25) is 14.5 Å². The van der Waals surface area contributed by atoms with Crippen molar-refractivity contribution in [3.05, 3.63) is 58.5 Å². The van der Waals surface area contributed by atoms with Crippen molar-refractivity contribution in [3.63, 3.8) is 0 Å². The van der Waals surface area contributed by atoms with Crippen molar-refractivity contribution in [2.24, 2.45) is 0 Å². The van der Waals surface area contributed by atoms with Crippen LogP contribution in [-0.2, 0) is 22.2 Å². The van der Waals surface area contributed by atoms with Crippen molar-refractivity contribution >= 4 is 29.1 Å². The molecule has 2 aromatic rings. The molecule has 29 heavy (non-hydrogen) atoms. The van der Waals surface area contributed by atoms with Crippen molar-refractivity contribution in [3.8, 4) is 0 Å². The lowest BCUT2D eigenvalue weighted by molar-refractivity contribution is -0.147. The molecule has 5 nitrogen and oxygen atoms in total. The number of ketones is 1. The van der Waals surface area contributed by atoms with Crippen LogP contribution in [0.5, 0.6) is 0 Å². The average molecular weight is 431 g/mol. The van der Waals surface area contributed by atoms with Crippen molar-refractivity contribution in [2.75, 3.05) is 11.4 Å². The van der Waals surface area contributed by atoms with Gasteiger partial charge in [0.2, 0.25) is 5.60 Å². The van der Waals surface area contributed by atoms with Gasteiger partial charge in [0, 0.05) is 30.6 Å². The van der Waals surface area contributed by atoms with E-state index in [2.05, 4.69) is 4.98 Å². The normalized spacial score (nSPS) is 19.7. The highest BCUT2D eigenvalue weighted by molar-refractivity contribution is 6.30. The summed E-state index contributed by atoms with van der Waals surface area (Å²) in [6.45, 7) is -0.165. The average Bonchev–Trinajstić information content (AvgIpc) is 2.94. The minimum Gasteiger partial charge on any atom is -0.373 e. The second-order valence-electron chi connectivity index (χ2n) is 6.67. The maximum absolute atomic E-state index is 13.4. The third-order valence-corrected chi connectivity index (χ3v) is 4.89. The highest BCUT2D eigenvalue weighted by Crippen LogP contribution is 2.34. The topological polar surface area (TPSA) is 70.5 Å². The van der Waals surface area contributed by atoms with Gasteiger partial charge < -0.3 is 5.11 Å². The number of hydrogen-bond acceptors (Lipinski definition) is 4. The Hall–Kier alpha value is -2.52. The van der Waals surface area contributed by atoms with E-state index in [1.54, 1.807) is 0 Å². The largest absolute Gasteiger partial charge is 0.416 e. The molecule has 1 saturated heterocycles. The fraction of sp³-hybridized carbons (Fsp3) is 0.316. The van der Waals surface area contributed by atoms with Crippen LogP contribution in [0.1, 0.15) is 24.0 Å². The fourth-order valence-electron chi connectivity index (χ4n) is 3.14. The van der Waals surface area contributed by atoms with E-state index in [1.807, 2.05) is 0 Å². The van der Waals surface area contributed by atoms with Crippen LogP contribution >= 0.6 is 11.6 Å². The third-order valence-electron chi connectivity index (χ3n) is 4.67. The van der Waals surface area contributed by atoms with Crippen molar-refractivity contribution in [1.82, 2.24) is 4.98 Å². The molecule has 0 bridgehead atoms. The van der Waals surface area contributed by atoms with Crippen LogP contribution in [0.15, 0.2) is 36.5 Å². The molecule has 3 rings (SSSR count). The SMILES string of the molecule is O=C(CCc1cc(F)cc(Cl)c1)[C@@]1(O)CCN(c2cc(C(F)(F)F)ccn2)C1=O. The van der Waals surface area contributed by atoms with Gasteiger partial charge in [-0.2, -0.15) is 13.2 Å². The monoisotopic (exact) mass is 430 g/mol. The molecule has 0 aliphatic carbocycles. The van der Waals surface area contributed by atoms with E-state index in [0.29, 0.717) is 11.6 Å². The highest BCUT2D eigenvalue weighted by Gasteiger charge is 2.51. The maximum atomic E-state index is 13.4. The highest BCUT2D eigenvalue weighted by atomic mass is 35.5. The minimum absolute atomic E-state index is 0.0354. The zero-order chi connectivity index (χ0) is 21.4. The Bertz CT molecular complexity index is 946. The Morgan fingerprint density at radius 2 is 2.00 bits per heavy atom. The molecule has 1 N–H and O–H groups in total. The van der Waals surface area contributed by atoms with Crippen LogP contribution in [0.25, 0.3) is 0 Å². The number of Topliss-reactive ketones (excluding diaryl/α,β-unsaturated/α-hetero) is 1. The Kier molecular flexibility index (Phi) is 5.64. The molecule has 1 aromatic carbocycles. The third kappa shape index (κ3) is 4.40. The smallest absolute Gasteiger partial charge is 0.373 e. The van der Waals surface area contributed by atoms with Crippen LogP contribution in [0, 0.1) is 5.82 Å². The molecule has 1 aliphatic rings. The number of aliphatic hydroxyl groups is 1. The number of benzene rings is 1. The van der Waals surface area contributed by atoms with Gasteiger partial charge in [0.1, 0.15) is 11.6 Å². The number of aromatic nitrogens is 1. The maximum Gasteiger partial charge on any atom is 0.416 e. The summed E-state index contributed by atoms with van der Waals surface area (Å²) in [6, 6.07) is 5.17. The lowest BCUT2D eigenvalue weighted by Crippen LogP contribution is -2.47. The molecular formula is C19H15ClF4N2O3. The number of aryl methyl sites for hydroxylation is 1. The van der Waals surface area contributed by atoms with Crippen LogP contribution in [-0.4, -0.2) is 33.9 Å². The van der Waals surface area contributed by atoms with Crippen molar-refractivity contribution < 1.29 is 32.3 Å². The Morgan fingerprint density at radius 3 is 2.66 bits per heavy atom. The van der Waals surface area contributed by atoms with E-state index in [4.69, 9.17) is 11.6 Å². The van der Waals surface area contributed by atoms with Crippen LogP contribution in [0.3, 0.4) is 0 Å². The van der Waals surface area contributed by atoms with Crippen LogP contribution in [0.2, 0.25) is 5.02 Å². The first-order chi connectivity index (χ1) is 13.5. The first-order valence-electron chi connectivity index (χ1n) is 8.56. The van der Waals surface area contributed by atoms with Gasteiger partial charge in [0.25, 0.3) is 5.91 Å². The van der Waals surface area contributed by atoms with Gasteiger partial charge in [0.15, 0.2) is 5.78 Å². The van der Waals surface area contributed by atoms with Gasteiger partial charge in [0.05, 0.1) is 5.56 Å². The number of rotatable bonds is 5. The summed E-state index contributed by atoms with van der Waals surface area (Å²) in [5.41, 5.74) is -2.96. The fourth-order valence-corrected chi connectivity index (χ4v) is 3.39. The Balaban J connectivity index is 1.74. The van der Waals surface area contributed by atoms with E-state index in [1.165, 1.54) is 12.1 Å². The first-order valence-corrected chi connectivity index (χ1v) is 8.94. The molecule has 0 spiro atoms. The molecule has 0 saturated carbocycles. The first kappa shape index (κ1) is 21.2. The predicted octanol–water partition coefficient (Wildman–Crippen LogP) is 3.56. The quantitative estimate of drug-likeness (QED) is 0.581. The van der Waals surface area contributed by atoms with Crippen molar-refractivity contribution in [2.45, 2.75) is 31.0 Å². The zero-order valence-corrected chi connectivity index (χ0v) is 15.6. The molecule has 1 atom stereocenters. The van der Waals surface area contributed by atoms with Crippen LogP contribution in [0.4, 0.5) is 23.4 Å².